The number of carbonyl (C=O) groups excluding carboxylic acids is 1. The van der Waals surface area contributed by atoms with Crippen LogP contribution >= 0.6 is 0 Å². The van der Waals surface area contributed by atoms with E-state index in [0.29, 0.717) is 5.56 Å². The number of methoxy groups -OCH3 is 1. The second kappa shape index (κ2) is 6.45. The minimum atomic E-state index is -3.44. The highest BCUT2D eigenvalue weighted by Crippen LogP contribution is 2.26. The van der Waals surface area contributed by atoms with E-state index in [1.54, 1.807) is 14.0 Å². The lowest BCUT2D eigenvalue weighted by atomic mass is 9.89. The van der Waals surface area contributed by atoms with Gasteiger partial charge in [-0.05, 0) is 26.1 Å². The normalized spacial score (nSPS) is 14.0. The second-order valence-corrected chi connectivity index (χ2v) is 6.95. The van der Waals surface area contributed by atoms with E-state index in [9.17, 15) is 13.2 Å². The molecule has 1 rings (SSSR count). The standard InChI is InChI=1S/C14H21N3O4S/c1-14(17-3,13(18)16-2)12(15)9-6-7-11(22(5,19)20)10(8-9)21-4/h6-8,15,17H,1-5H3,(H,16,18). The average Bonchev–Trinajstić information content (AvgIpc) is 2.50. The molecule has 1 unspecified atom stereocenters. The van der Waals surface area contributed by atoms with Crippen molar-refractivity contribution in [3.63, 3.8) is 0 Å². The van der Waals surface area contributed by atoms with Crippen LogP contribution in [0.5, 0.6) is 5.75 Å². The van der Waals surface area contributed by atoms with Crippen molar-refractivity contribution in [3.8, 4) is 5.75 Å². The number of hydrogen-bond donors (Lipinski definition) is 3. The molecule has 22 heavy (non-hydrogen) atoms. The van der Waals surface area contributed by atoms with Crippen LogP contribution in [0.2, 0.25) is 0 Å². The fourth-order valence-electron chi connectivity index (χ4n) is 2.02. The number of ether oxygens (including phenoxy) is 1. The van der Waals surface area contributed by atoms with Gasteiger partial charge in [-0.1, -0.05) is 6.07 Å². The maximum absolute atomic E-state index is 12.0. The first-order chi connectivity index (χ1) is 10.1. The van der Waals surface area contributed by atoms with Crippen molar-refractivity contribution in [1.82, 2.24) is 10.6 Å². The maximum atomic E-state index is 12.0. The van der Waals surface area contributed by atoms with Crippen molar-refractivity contribution < 1.29 is 17.9 Å². The zero-order chi connectivity index (χ0) is 17.1. The van der Waals surface area contributed by atoms with Crippen LogP contribution in [-0.2, 0) is 14.6 Å². The van der Waals surface area contributed by atoms with Crippen molar-refractivity contribution in [3.05, 3.63) is 23.8 Å². The summed E-state index contributed by atoms with van der Waals surface area (Å²) in [4.78, 5) is 12.1. The summed E-state index contributed by atoms with van der Waals surface area (Å²) in [6.07, 6.45) is 1.08. The van der Waals surface area contributed by atoms with Crippen LogP contribution in [0, 0.1) is 5.41 Å². The summed E-state index contributed by atoms with van der Waals surface area (Å²) in [6.45, 7) is 1.57. The number of carbonyl (C=O) groups is 1. The summed E-state index contributed by atoms with van der Waals surface area (Å²) in [5, 5.41) is 13.6. The molecule has 1 atom stereocenters. The average molecular weight is 327 g/mol. The zero-order valence-electron chi connectivity index (χ0n) is 13.3. The Kier molecular flexibility index (Phi) is 5.31. The molecule has 0 saturated heterocycles. The summed E-state index contributed by atoms with van der Waals surface area (Å²) >= 11 is 0. The van der Waals surface area contributed by atoms with Gasteiger partial charge >= 0.3 is 0 Å². The van der Waals surface area contributed by atoms with Gasteiger partial charge in [0.25, 0.3) is 0 Å². The van der Waals surface area contributed by atoms with Crippen molar-refractivity contribution >= 4 is 21.5 Å². The number of rotatable bonds is 6. The molecule has 1 aromatic rings. The van der Waals surface area contributed by atoms with Gasteiger partial charge in [0.05, 0.1) is 12.8 Å². The molecule has 1 aromatic carbocycles. The van der Waals surface area contributed by atoms with Gasteiger partial charge in [-0.15, -0.1) is 0 Å². The van der Waals surface area contributed by atoms with Gasteiger partial charge in [-0.3, -0.25) is 4.79 Å². The molecule has 0 saturated carbocycles. The molecule has 1 amide bonds. The molecule has 0 aliphatic rings. The van der Waals surface area contributed by atoms with Crippen LogP contribution in [0.15, 0.2) is 23.1 Å². The molecule has 0 aromatic heterocycles. The first-order valence-corrected chi connectivity index (χ1v) is 8.39. The van der Waals surface area contributed by atoms with Gasteiger partial charge in [0.2, 0.25) is 5.91 Å². The number of hydrogen-bond acceptors (Lipinski definition) is 6. The van der Waals surface area contributed by atoms with Gasteiger partial charge in [-0.2, -0.15) is 0 Å². The van der Waals surface area contributed by atoms with Crippen molar-refractivity contribution in [2.45, 2.75) is 17.4 Å². The van der Waals surface area contributed by atoms with Gasteiger partial charge in [-0.25, -0.2) is 8.42 Å². The zero-order valence-corrected chi connectivity index (χ0v) is 14.1. The topological polar surface area (TPSA) is 108 Å². The monoisotopic (exact) mass is 327 g/mol. The number of nitrogens with one attached hydrogen (secondary N) is 3. The predicted molar refractivity (Wildman–Crippen MR) is 84.5 cm³/mol. The predicted octanol–water partition coefficient (Wildman–Crippen LogP) is 0.191. The molecule has 0 bridgehead atoms. The first-order valence-electron chi connectivity index (χ1n) is 6.50. The molecular weight excluding hydrogens is 306 g/mol. The molecule has 8 heteroatoms. The Labute approximate surface area is 130 Å². The SMILES string of the molecule is CNC(=O)C(C)(NC)C(=N)c1ccc(S(C)(=O)=O)c(OC)c1. The van der Waals surface area contributed by atoms with Crippen LogP contribution in [0.25, 0.3) is 0 Å². The fraction of sp³-hybridized carbons (Fsp3) is 0.429. The Morgan fingerprint density at radius 2 is 1.91 bits per heavy atom. The third-order valence-corrected chi connectivity index (χ3v) is 4.67. The molecule has 0 aliphatic heterocycles. The van der Waals surface area contributed by atoms with Crippen LogP contribution in [0.4, 0.5) is 0 Å². The lowest BCUT2D eigenvalue weighted by Crippen LogP contribution is -2.58. The highest BCUT2D eigenvalue weighted by Gasteiger charge is 2.36. The summed E-state index contributed by atoms with van der Waals surface area (Å²) in [5.41, 5.74) is -0.843. The summed E-state index contributed by atoms with van der Waals surface area (Å²) in [5.74, 6) is -0.230. The van der Waals surface area contributed by atoms with Gasteiger partial charge in [0.1, 0.15) is 16.2 Å². The quantitative estimate of drug-likeness (QED) is 0.646. The minimum absolute atomic E-state index is 0.00713. The molecule has 0 spiro atoms. The van der Waals surface area contributed by atoms with Crippen molar-refractivity contribution in [1.29, 1.82) is 5.41 Å². The Balaban J connectivity index is 3.40. The van der Waals surface area contributed by atoms with E-state index in [4.69, 9.17) is 10.1 Å². The minimum Gasteiger partial charge on any atom is -0.495 e. The summed E-state index contributed by atoms with van der Waals surface area (Å²) < 4.78 is 28.5. The smallest absolute Gasteiger partial charge is 0.245 e. The van der Waals surface area contributed by atoms with Crippen LogP contribution in [0.1, 0.15) is 12.5 Å². The molecule has 0 fully saturated rings. The molecule has 122 valence electrons. The third-order valence-electron chi connectivity index (χ3n) is 3.53. The lowest BCUT2D eigenvalue weighted by molar-refractivity contribution is -0.123. The molecule has 3 N–H and O–H groups in total. The first kappa shape index (κ1) is 18.1. The van der Waals surface area contributed by atoms with Gasteiger partial charge in [0.15, 0.2) is 9.84 Å². The number of amides is 1. The Morgan fingerprint density at radius 1 is 1.32 bits per heavy atom. The lowest BCUT2D eigenvalue weighted by Gasteiger charge is -2.28. The maximum Gasteiger partial charge on any atom is 0.245 e. The van der Waals surface area contributed by atoms with Crippen molar-refractivity contribution in [2.75, 3.05) is 27.5 Å². The fourth-order valence-corrected chi connectivity index (χ4v) is 2.84. The number of sulfone groups is 1. The molecule has 0 aliphatic carbocycles. The van der Waals surface area contributed by atoms with E-state index < -0.39 is 15.4 Å². The summed E-state index contributed by atoms with van der Waals surface area (Å²) in [6, 6.07) is 4.30. The second-order valence-electron chi connectivity index (χ2n) is 4.97. The van der Waals surface area contributed by atoms with Gasteiger partial charge < -0.3 is 20.8 Å². The molecule has 0 radical (unpaired) electrons. The Morgan fingerprint density at radius 3 is 2.32 bits per heavy atom. The van der Waals surface area contributed by atoms with Gasteiger partial charge in [0, 0.05) is 18.9 Å². The number of benzene rings is 1. The van der Waals surface area contributed by atoms with E-state index in [-0.39, 0.29) is 22.3 Å². The highest BCUT2D eigenvalue weighted by atomic mass is 32.2. The van der Waals surface area contributed by atoms with E-state index in [0.717, 1.165) is 6.26 Å². The summed E-state index contributed by atoms with van der Waals surface area (Å²) in [7, 11) is 0.974. The third kappa shape index (κ3) is 3.28. The highest BCUT2D eigenvalue weighted by molar-refractivity contribution is 7.90. The van der Waals surface area contributed by atoms with Crippen molar-refractivity contribution in [2.24, 2.45) is 0 Å². The van der Waals surface area contributed by atoms with E-state index >= 15 is 0 Å². The van der Waals surface area contributed by atoms with E-state index in [1.165, 1.54) is 32.4 Å². The molecule has 0 heterocycles. The van der Waals surface area contributed by atoms with Crippen LogP contribution < -0.4 is 15.4 Å². The van der Waals surface area contributed by atoms with Crippen LogP contribution in [0.3, 0.4) is 0 Å². The van der Waals surface area contributed by atoms with E-state index in [2.05, 4.69) is 10.6 Å². The Bertz CT molecular complexity index is 700. The van der Waals surface area contributed by atoms with Crippen LogP contribution in [-0.4, -0.2) is 53.0 Å². The number of likely N-dealkylation sites (N-methyl/N-ethyl adjacent to an activating group) is 2. The largest absolute Gasteiger partial charge is 0.495 e. The Hall–Kier alpha value is -1.93. The molecule has 7 nitrogen and oxygen atoms in total. The molecular formula is C14H21N3O4S. The van der Waals surface area contributed by atoms with E-state index in [1.807, 2.05) is 0 Å².